The summed E-state index contributed by atoms with van der Waals surface area (Å²) >= 11 is 0. The smallest absolute Gasteiger partial charge is 0.0574 e. The molecule has 0 unspecified atom stereocenters. The molecule has 0 amide bonds. The highest BCUT2D eigenvalue weighted by Gasteiger charge is 2.21. The number of hydrogen-bond donors (Lipinski definition) is 1. The molecule has 1 heterocycles. The van der Waals surface area contributed by atoms with Crippen molar-refractivity contribution in [1.29, 1.82) is 0 Å². The van der Waals surface area contributed by atoms with Crippen molar-refractivity contribution in [3.63, 3.8) is 0 Å². The topological polar surface area (TPSA) is 38.9 Å². The van der Waals surface area contributed by atoms with E-state index in [1.165, 1.54) is 11.1 Å². The molecule has 116 valence electrons. The molecule has 2 aromatic carbocycles. The zero-order valence-corrected chi connectivity index (χ0v) is 13.2. The Morgan fingerprint density at radius 3 is 1.70 bits per heavy atom. The van der Waals surface area contributed by atoms with Gasteiger partial charge in [-0.25, -0.2) is 0 Å². The Labute approximate surface area is 138 Å². The van der Waals surface area contributed by atoms with Crippen molar-refractivity contribution in [1.82, 2.24) is 4.98 Å². The highest BCUT2D eigenvalue weighted by atomic mass is 14.8. The van der Waals surface area contributed by atoms with Gasteiger partial charge in [0.1, 0.15) is 0 Å². The first kappa shape index (κ1) is 15.4. The van der Waals surface area contributed by atoms with Crippen LogP contribution in [0.1, 0.15) is 22.9 Å². The highest BCUT2D eigenvalue weighted by Crippen LogP contribution is 2.25. The number of nitrogens with zero attached hydrogens (tertiary/aromatic N) is 1. The molecule has 0 saturated heterocycles. The van der Waals surface area contributed by atoms with Crippen LogP contribution in [0.2, 0.25) is 0 Å². The minimum atomic E-state index is -0.0726. The molecule has 23 heavy (non-hydrogen) atoms. The lowest BCUT2D eigenvalue weighted by molar-refractivity contribution is 0.418. The van der Waals surface area contributed by atoms with E-state index < -0.39 is 0 Å². The van der Waals surface area contributed by atoms with Gasteiger partial charge in [0.05, 0.1) is 11.7 Å². The van der Waals surface area contributed by atoms with Crippen LogP contribution in [0.3, 0.4) is 0 Å². The van der Waals surface area contributed by atoms with E-state index in [9.17, 15) is 0 Å². The van der Waals surface area contributed by atoms with Gasteiger partial charge < -0.3 is 5.73 Å². The average Bonchev–Trinajstić information content (AvgIpc) is 2.63. The van der Waals surface area contributed by atoms with E-state index in [0.29, 0.717) is 5.92 Å². The number of nitrogens with two attached hydrogens (primary N) is 1. The van der Waals surface area contributed by atoms with Crippen LogP contribution >= 0.6 is 0 Å². The molecule has 2 N–H and O–H groups in total. The Balaban J connectivity index is 1.83. The lowest BCUT2D eigenvalue weighted by Gasteiger charge is -2.24. The Morgan fingerprint density at radius 1 is 0.696 bits per heavy atom. The standard InChI is InChI=1S/C21H22N2/c22-21(20-13-7-8-14-23-20)19(15-17-9-3-1-4-10-17)16-18-11-5-2-6-12-18/h1-14,19,21H,15-16,22H2/t21-/m0/s1. The predicted octanol–water partition coefficient (Wildman–Crippen LogP) is 4.18. The van der Waals surface area contributed by atoms with Gasteiger partial charge in [-0.05, 0) is 42.0 Å². The summed E-state index contributed by atoms with van der Waals surface area (Å²) in [5.74, 6) is 0.315. The molecule has 0 fully saturated rings. The molecule has 0 radical (unpaired) electrons. The van der Waals surface area contributed by atoms with Crippen LogP contribution in [0.25, 0.3) is 0 Å². The summed E-state index contributed by atoms with van der Waals surface area (Å²) in [4.78, 5) is 4.46. The molecule has 1 aromatic heterocycles. The van der Waals surface area contributed by atoms with E-state index in [0.717, 1.165) is 18.5 Å². The first-order chi connectivity index (χ1) is 11.3. The molecule has 0 spiro atoms. The van der Waals surface area contributed by atoms with Crippen molar-refractivity contribution in [3.8, 4) is 0 Å². The van der Waals surface area contributed by atoms with Crippen LogP contribution in [0.5, 0.6) is 0 Å². The van der Waals surface area contributed by atoms with E-state index in [4.69, 9.17) is 5.73 Å². The number of benzene rings is 2. The average molecular weight is 302 g/mol. The van der Waals surface area contributed by atoms with Crippen LogP contribution in [-0.2, 0) is 12.8 Å². The summed E-state index contributed by atoms with van der Waals surface area (Å²) in [6.07, 6.45) is 3.72. The maximum absolute atomic E-state index is 6.57. The van der Waals surface area contributed by atoms with Crippen LogP contribution < -0.4 is 5.73 Å². The van der Waals surface area contributed by atoms with Crippen molar-refractivity contribution in [3.05, 3.63) is 102 Å². The minimum Gasteiger partial charge on any atom is -0.322 e. The monoisotopic (exact) mass is 302 g/mol. The maximum Gasteiger partial charge on any atom is 0.0574 e. The van der Waals surface area contributed by atoms with E-state index in [1.54, 1.807) is 0 Å². The summed E-state index contributed by atoms with van der Waals surface area (Å²) in [7, 11) is 0. The lowest BCUT2D eigenvalue weighted by atomic mass is 9.85. The molecule has 0 aliphatic carbocycles. The van der Waals surface area contributed by atoms with E-state index in [-0.39, 0.29) is 6.04 Å². The van der Waals surface area contributed by atoms with E-state index >= 15 is 0 Å². The van der Waals surface area contributed by atoms with Crippen LogP contribution in [0, 0.1) is 5.92 Å². The molecule has 3 aromatic rings. The van der Waals surface area contributed by atoms with Crippen molar-refractivity contribution < 1.29 is 0 Å². The van der Waals surface area contributed by atoms with E-state index in [2.05, 4.69) is 53.5 Å². The van der Waals surface area contributed by atoms with Crippen molar-refractivity contribution in [2.45, 2.75) is 18.9 Å². The molecule has 1 atom stereocenters. The Morgan fingerprint density at radius 2 is 1.22 bits per heavy atom. The SMILES string of the molecule is N[C@H](c1ccccn1)C(Cc1ccccc1)Cc1ccccc1. The molecule has 3 rings (SSSR count). The van der Waals surface area contributed by atoms with Crippen molar-refractivity contribution in [2.24, 2.45) is 11.7 Å². The van der Waals surface area contributed by atoms with Crippen molar-refractivity contribution in [2.75, 3.05) is 0 Å². The first-order valence-electron chi connectivity index (χ1n) is 8.07. The minimum absolute atomic E-state index is 0.0726. The number of hydrogen-bond acceptors (Lipinski definition) is 2. The quantitative estimate of drug-likeness (QED) is 0.742. The normalized spacial score (nSPS) is 12.3. The molecule has 2 heteroatoms. The van der Waals surface area contributed by atoms with Gasteiger partial charge in [0.15, 0.2) is 0 Å². The van der Waals surface area contributed by atoms with Crippen LogP contribution in [-0.4, -0.2) is 4.98 Å². The summed E-state index contributed by atoms with van der Waals surface area (Å²) in [5.41, 5.74) is 10.2. The summed E-state index contributed by atoms with van der Waals surface area (Å²) < 4.78 is 0. The zero-order chi connectivity index (χ0) is 15.9. The maximum atomic E-state index is 6.57. The second kappa shape index (κ2) is 7.70. The van der Waals surface area contributed by atoms with Gasteiger partial charge in [0.25, 0.3) is 0 Å². The second-order valence-electron chi connectivity index (χ2n) is 5.92. The Kier molecular flexibility index (Phi) is 5.17. The lowest BCUT2D eigenvalue weighted by Crippen LogP contribution is -2.26. The first-order valence-corrected chi connectivity index (χ1v) is 8.07. The summed E-state index contributed by atoms with van der Waals surface area (Å²) in [5, 5.41) is 0. The predicted molar refractivity (Wildman–Crippen MR) is 94.9 cm³/mol. The van der Waals surface area contributed by atoms with Gasteiger partial charge >= 0.3 is 0 Å². The third-order valence-electron chi connectivity index (χ3n) is 4.22. The molecular weight excluding hydrogens is 280 g/mol. The molecular formula is C21H22N2. The van der Waals surface area contributed by atoms with Gasteiger partial charge in [-0.2, -0.15) is 0 Å². The van der Waals surface area contributed by atoms with Crippen LogP contribution in [0.4, 0.5) is 0 Å². The van der Waals surface area contributed by atoms with Gasteiger partial charge in [0.2, 0.25) is 0 Å². The van der Waals surface area contributed by atoms with Gasteiger partial charge in [-0.1, -0.05) is 66.7 Å². The molecule has 0 saturated carbocycles. The number of rotatable bonds is 6. The summed E-state index contributed by atoms with van der Waals surface area (Å²) in [6, 6.07) is 27.0. The fourth-order valence-electron chi connectivity index (χ4n) is 2.97. The number of pyridine rings is 1. The highest BCUT2D eigenvalue weighted by molar-refractivity contribution is 5.21. The molecule has 0 bridgehead atoms. The second-order valence-corrected chi connectivity index (χ2v) is 5.92. The van der Waals surface area contributed by atoms with Gasteiger partial charge in [-0.3, -0.25) is 4.98 Å². The summed E-state index contributed by atoms with van der Waals surface area (Å²) in [6.45, 7) is 0. The third kappa shape index (κ3) is 4.27. The fraction of sp³-hybridized carbons (Fsp3) is 0.190. The van der Waals surface area contributed by atoms with Crippen molar-refractivity contribution >= 4 is 0 Å². The zero-order valence-electron chi connectivity index (χ0n) is 13.2. The van der Waals surface area contributed by atoms with E-state index in [1.807, 2.05) is 36.5 Å². The molecule has 0 aliphatic heterocycles. The number of aromatic nitrogens is 1. The fourth-order valence-corrected chi connectivity index (χ4v) is 2.97. The van der Waals surface area contributed by atoms with Gasteiger partial charge in [-0.15, -0.1) is 0 Å². The third-order valence-corrected chi connectivity index (χ3v) is 4.22. The Hall–Kier alpha value is -2.45. The largest absolute Gasteiger partial charge is 0.322 e. The van der Waals surface area contributed by atoms with Gasteiger partial charge in [0, 0.05) is 6.20 Å². The molecule has 2 nitrogen and oxygen atoms in total. The van der Waals surface area contributed by atoms with Crippen LogP contribution in [0.15, 0.2) is 85.1 Å². The Bertz CT molecular complexity index is 654. The molecule has 0 aliphatic rings.